The van der Waals surface area contributed by atoms with E-state index in [4.69, 9.17) is 20.9 Å². The molecule has 3 rings (SSSR count). The van der Waals surface area contributed by atoms with Gasteiger partial charge in [0.25, 0.3) is 0 Å². The standard InChI is InChI=1S/C17H22N4O2/c1-9(2)11-6-13(22-3)12(10-4-5-10)7-14(11)23-15-8-20-17(19)21-16(15)18/h6-10H,4-5H2,1-3H3,(H4,18,19,20,21). The molecule has 1 aliphatic carbocycles. The number of nitrogen functional groups attached to an aromatic ring is 2. The summed E-state index contributed by atoms with van der Waals surface area (Å²) in [6.45, 7) is 4.22. The molecule has 1 aliphatic rings. The lowest BCUT2D eigenvalue weighted by atomic mass is 9.97. The third-order valence-electron chi connectivity index (χ3n) is 4.02. The van der Waals surface area contributed by atoms with E-state index in [0.29, 0.717) is 11.7 Å². The highest BCUT2D eigenvalue weighted by Crippen LogP contribution is 2.48. The van der Waals surface area contributed by atoms with E-state index in [-0.39, 0.29) is 17.7 Å². The van der Waals surface area contributed by atoms with Crippen LogP contribution >= 0.6 is 0 Å². The molecule has 122 valence electrons. The first-order valence-corrected chi connectivity index (χ1v) is 7.77. The Morgan fingerprint density at radius 1 is 1.13 bits per heavy atom. The SMILES string of the molecule is COc1cc(C(C)C)c(Oc2cnc(N)nc2N)cc1C1CC1. The maximum atomic E-state index is 6.01. The molecule has 1 aromatic carbocycles. The number of hydrogen-bond donors (Lipinski definition) is 2. The number of aromatic nitrogens is 2. The molecule has 1 aromatic heterocycles. The number of methoxy groups -OCH3 is 1. The van der Waals surface area contributed by atoms with E-state index >= 15 is 0 Å². The molecule has 1 heterocycles. The Morgan fingerprint density at radius 2 is 1.87 bits per heavy atom. The van der Waals surface area contributed by atoms with Crippen LogP contribution in [0.25, 0.3) is 0 Å². The molecule has 2 aromatic rings. The van der Waals surface area contributed by atoms with Crippen molar-refractivity contribution in [1.82, 2.24) is 9.97 Å². The summed E-state index contributed by atoms with van der Waals surface area (Å²) in [7, 11) is 1.71. The van der Waals surface area contributed by atoms with Crippen LogP contribution in [-0.2, 0) is 0 Å². The molecule has 6 nitrogen and oxygen atoms in total. The normalized spacial score (nSPS) is 14.1. The van der Waals surface area contributed by atoms with E-state index in [0.717, 1.165) is 17.1 Å². The molecule has 0 radical (unpaired) electrons. The van der Waals surface area contributed by atoms with Crippen molar-refractivity contribution in [2.24, 2.45) is 0 Å². The molecule has 4 N–H and O–H groups in total. The van der Waals surface area contributed by atoms with Crippen molar-refractivity contribution in [2.45, 2.75) is 38.5 Å². The number of rotatable bonds is 5. The van der Waals surface area contributed by atoms with Gasteiger partial charge >= 0.3 is 0 Å². The number of benzene rings is 1. The lowest BCUT2D eigenvalue weighted by molar-refractivity contribution is 0.405. The predicted molar refractivity (Wildman–Crippen MR) is 90.0 cm³/mol. The molecule has 6 heteroatoms. The maximum Gasteiger partial charge on any atom is 0.222 e. The van der Waals surface area contributed by atoms with E-state index < -0.39 is 0 Å². The fourth-order valence-electron chi connectivity index (χ4n) is 2.62. The zero-order valence-electron chi connectivity index (χ0n) is 13.7. The van der Waals surface area contributed by atoms with Crippen molar-refractivity contribution in [3.63, 3.8) is 0 Å². The Bertz CT molecular complexity index is 727. The van der Waals surface area contributed by atoms with Crippen LogP contribution in [0.5, 0.6) is 17.2 Å². The van der Waals surface area contributed by atoms with Crippen molar-refractivity contribution in [3.05, 3.63) is 29.5 Å². The second-order valence-electron chi connectivity index (χ2n) is 6.14. The average Bonchev–Trinajstić information content (AvgIpc) is 3.34. The summed E-state index contributed by atoms with van der Waals surface area (Å²) in [6.07, 6.45) is 3.87. The monoisotopic (exact) mass is 314 g/mol. The Kier molecular flexibility index (Phi) is 3.98. The van der Waals surface area contributed by atoms with Gasteiger partial charge in [0.05, 0.1) is 13.3 Å². The average molecular weight is 314 g/mol. The Balaban J connectivity index is 2.03. The number of ether oxygens (including phenoxy) is 2. The van der Waals surface area contributed by atoms with Crippen LogP contribution in [0, 0.1) is 0 Å². The lowest BCUT2D eigenvalue weighted by Gasteiger charge is -2.18. The van der Waals surface area contributed by atoms with E-state index in [9.17, 15) is 0 Å². The summed E-state index contributed by atoms with van der Waals surface area (Å²) in [4.78, 5) is 7.89. The lowest BCUT2D eigenvalue weighted by Crippen LogP contribution is -2.03. The quantitative estimate of drug-likeness (QED) is 0.877. The van der Waals surface area contributed by atoms with Gasteiger partial charge in [-0.25, -0.2) is 4.98 Å². The highest BCUT2D eigenvalue weighted by atomic mass is 16.5. The molecular formula is C17H22N4O2. The van der Waals surface area contributed by atoms with Gasteiger partial charge in [0.2, 0.25) is 5.95 Å². The summed E-state index contributed by atoms with van der Waals surface area (Å²) >= 11 is 0. The summed E-state index contributed by atoms with van der Waals surface area (Å²) in [5.74, 6) is 3.29. The summed E-state index contributed by atoms with van der Waals surface area (Å²) in [5.41, 5.74) is 13.7. The van der Waals surface area contributed by atoms with Gasteiger partial charge in [0.1, 0.15) is 11.5 Å². The second-order valence-corrected chi connectivity index (χ2v) is 6.14. The van der Waals surface area contributed by atoms with Gasteiger partial charge in [-0.05, 0) is 36.8 Å². The summed E-state index contributed by atoms with van der Waals surface area (Å²) < 4.78 is 11.6. The molecule has 1 fully saturated rings. The maximum absolute atomic E-state index is 6.01. The van der Waals surface area contributed by atoms with Gasteiger partial charge in [-0.1, -0.05) is 13.8 Å². The molecule has 1 saturated carbocycles. The largest absolute Gasteiger partial charge is 0.496 e. The minimum Gasteiger partial charge on any atom is -0.496 e. The number of anilines is 2. The number of nitrogens with zero attached hydrogens (tertiary/aromatic N) is 2. The minimum absolute atomic E-state index is 0.132. The Labute approximate surface area is 135 Å². The third-order valence-corrected chi connectivity index (χ3v) is 4.02. The molecule has 23 heavy (non-hydrogen) atoms. The van der Waals surface area contributed by atoms with Crippen LogP contribution < -0.4 is 20.9 Å². The molecule has 0 bridgehead atoms. The molecule has 0 amide bonds. The van der Waals surface area contributed by atoms with Crippen LogP contribution in [0.4, 0.5) is 11.8 Å². The molecule has 0 aliphatic heterocycles. The first-order chi connectivity index (χ1) is 11.0. The second kappa shape index (κ2) is 5.95. The van der Waals surface area contributed by atoms with Crippen LogP contribution in [0.3, 0.4) is 0 Å². The third kappa shape index (κ3) is 3.16. The van der Waals surface area contributed by atoms with E-state index in [1.165, 1.54) is 24.6 Å². The fourth-order valence-corrected chi connectivity index (χ4v) is 2.62. The van der Waals surface area contributed by atoms with Crippen molar-refractivity contribution >= 4 is 11.8 Å². The highest BCUT2D eigenvalue weighted by Gasteiger charge is 2.29. The van der Waals surface area contributed by atoms with E-state index in [1.807, 2.05) is 0 Å². The van der Waals surface area contributed by atoms with Crippen LogP contribution in [0.1, 0.15) is 49.7 Å². The highest BCUT2D eigenvalue weighted by molar-refractivity contribution is 5.54. The Hall–Kier alpha value is -2.50. The van der Waals surface area contributed by atoms with Gasteiger partial charge in [0, 0.05) is 11.1 Å². The van der Waals surface area contributed by atoms with Crippen LogP contribution in [0.2, 0.25) is 0 Å². The van der Waals surface area contributed by atoms with Gasteiger partial charge in [-0.2, -0.15) is 4.98 Å². The van der Waals surface area contributed by atoms with E-state index in [1.54, 1.807) is 7.11 Å². The predicted octanol–water partition coefficient (Wildman–Crippen LogP) is 3.44. The van der Waals surface area contributed by atoms with Gasteiger partial charge in [0.15, 0.2) is 11.6 Å². The first kappa shape index (κ1) is 15.4. The zero-order chi connectivity index (χ0) is 16.6. The van der Waals surface area contributed by atoms with Crippen molar-refractivity contribution < 1.29 is 9.47 Å². The number of hydrogen-bond acceptors (Lipinski definition) is 6. The topological polar surface area (TPSA) is 96.3 Å². The van der Waals surface area contributed by atoms with Gasteiger partial charge in [-0.3, -0.25) is 0 Å². The van der Waals surface area contributed by atoms with Gasteiger partial charge < -0.3 is 20.9 Å². The summed E-state index contributed by atoms with van der Waals surface area (Å²) in [6, 6.07) is 4.11. The molecular weight excluding hydrogens is 292 g/mol. The summed E-state index contributed by atoms with van der Waals surface area (Å²) in [5, 5.41) is 0. The molecule has 0 spiro atoms. The zero-order valence-corrected chi connectivity index (χ0v) is 13.7. The first-order valence-electron chi connectivity index (χ1n) is 7.77. The van der Waals surface area contributed by atoms with E-state index in [2.05, 4.69) is 35.9 Å². The smallest absolute Gasteiger partial charge is 0.222 e. The molecule has 0 saturated heterocycles. The van der Waals surface area contributed by atoms with Crippen molar-refractivity contribution in [2.75, 3.05) is 18.6 Å². The van der Waals surface area contributed by atoms with Crippen molar-refractivity contribution in [3.8, 4) is 17.2 Å². The minimum atomic E-state index is 0.132. The number of nitrogens with two attached hydrogens (primary N) is 2. The van der Waals surface area contributed by atoms with Crippen molar-refractivity contribution in [1.29, 1.82) is 0 Å². The fraction of sp³-hybridized carbons (Fsp3) is 0.412. The molecule has 0 atom stereocenters. The van der Waals surface area contributed by atoms with Gasteiger partial charge in [-0.15, -0.1) is 0 Å². The Morgan fingerprint density at radius 3 is 2.43 bits per heavy atom. The van der Waals surface area contributed by atoms with Crippen LogP contribution in [0.15, 0.2) is 18.3 Å². The molecule has 0 unspecified atom stereocenters. The van der Waals surface area contributed by atoms with Crippen LogP contribution in [-0.4, -0.2) is 17.1 Å².